The third-order valence-corrected chi connectivity index (χ3v) is 4.15. The van der Waals surface area contributed by atoms with Crippen molar-refractivity contribution >= 4 is 17.4 Å². The Bertz CT molecular complexity index is 476. The number of hydrogen-bond donors (Lipinski definition) is 2. The van der Waals surface area contributed by atoms with Crippen molar-refractivity contribution in [3.8, 4) is 0 Å². The summed E-state index contributed by atoms with van der Waals surface area (Å²) >= 11 is 6.28. The Morgan fingerprint density at radius 2 is 2.37 bits per heavy atom. The van der Waals surface area contributed by atoms with Gasteiger partial charge < -0.3 is 10.9 Å². The second kappa shape index (κ2) is 6.26. The quantitative estimate of drug-likeness (QED) is 0.386. The summed E-state index contributed by atoms with van der Waals surface area (Å²) in [5.41, 5.74) is 7.29. The van der Waals surface area contributed by atoms with Gasteiger partial charge in [-0.1, -0.05) is 35.8 Å². The Hall–Kier alpha value is -1.26. The van der Waals surface area contributed by atoms with Crippen LogP contribution in [0.2, 0.25) is 5.02 Å². The van der Waals surface area contributed by atoms with Crippen LogP contribution in [-0.2, 0) is 6.54 Å². The number of nitrogens with zero attached hydrogens (tertiary/aromatic N) is 2. The molecule has 104 valence electrons. The molecule has 1 aliphatic heterocycles. The van der Waals surface area contributed by atoms with Gasteiger partial charge in [0.1, 0.15) is 0 Å². The third kappa shape index (κ3) is 3.19. The van der Waals surface area contributed by atoms with E-state index in [0.29, 0.717) is 16.6 Å². The Kier molecular flexibility index (Phi) is 4.66. The zero-order chi connectivity index (χ0) is 13.8. The average Bonchev–Trinajstić information content (AvgIpc) is 2.87. The first-order valence-electron chi connectivity index (χ1n) is 6.66. The number of hydrogen-bond acceptors (Lipinski definition) is 3. The normalized spacial score (nSPS) is 20.9. The highest BCUT2D eigenvalue weighted by Gasteiger charge is 2.23. The van der Waals surface area contributed by atoms with Crippen LogP contribution in [-0.4, -0.2) is 28.5 Å². The highest BCUT2D eigenvalue weighted by Crippen LogP contribution is 2.25. The minimum atomic E-state index is 0.0843. The van der Waals surface area contributed by atoms with Gasteiger partial charge in [0.2, 0.25) is 0 Å². The molecule has 4 nitrogen and oxygen atoms in total. The lowest BCUT2D eigenvalue weighted by Crippen LogP contribution is -2.28. The van der Waals surface area contributed by atoms with Crippen LogP contribution < -0.4 is 5.73 Å². The summed E-state index contributed by atoms with van der Waals surface area (Å²) in [6.45, 7) is 4.23. The maximum absolute atomic E-state index is 8.66. The first kappa shape index (κ1) is 14.2. The molecule has 0 radical (unpaired) electrons. The molecule has 1 atom stereocenters. The molecular formula is C14H20ClN3O. The summed E-state index contributed by atoms with van der Waals surface area (Å²) < 4.78 is 0. The Labute approximate surface area is 118 Å². The van der Waals surface area contributed by atoms with Gasteiger partial charge in [0.25, 0.3) is 0 Å². The molecule has 1 aromatic rings. The topological polar surface area (TPSA) is 61.8 Å². The van der Waals surface area contributed by atoms with Gasteiger partial charge in [-0.3, -0.25) is 4.90 Å². The molecule has 5 heteroatoms. The summed E-state index contributed by atoms with van der Waals surface area (Å²) in [6, 6.07) is 6.22. The van der Waals surface area contributed by atoms with Gasteiger partial charge in [-0.05, 0) is 37.4 Å². The summed E-state index contributed by atoms with van der Waals surface area (Å²) in [6.07, 6.45) is 3.72. The lowest BCUT2D eigenvalue weighted by Gasteiger charge is -2.23. The van der Waals surface area contributed by atoms with E-state index in [2.05, 4.69) is 17.0 Å². The van der Waals surface area contributed by atoms with Crippen LogP contribution in [0.5, 0.6) is 0 Å². The lowest BCUT2D eigenvalue weighted by molar-refractivity contribution is 0.240. The number of rotatable bonds is 4. The largest absolute Gasteiger partial charge is 0.409 e. The van der Waals surface area contributed by atoms with Gasteiger partial charge >= 0.3 is 0 Å². The Morgan fingerprint density at radius 3 is 3.00 bits per heavy atom. The van der Waals surface area contributed by atoms with Crippen molar-refractivity contribution in [3.05, 3.63) is 34.3 Å². The third-order valence-electron chi connectivity index (χ3n) is 3.80. The predicted molar refractivity (Wildman–Crippen MR) is 77.7 cm³/mol. The van der Waals surface area contributed by atoms with Crippen molar-refractivity contribution in [3.63, 3.8) is 0 Å². The number of benzene rings is 1. The van der Waals surface area contributed by atoms with Gasteiger partial charge in [0, 0.05) is 23.2 Å². The van der Waals surface area contributed by atoms with E-state index in [1.54, 1.807) is 6.07 Å². The Balaban J connectivity index is 2.13. The molecule has 19 heavy (non-hydrogen) atoms. The van der Waals surface area contributed by atoms with Crippen LogP contribution in [0.1, 0.15) is 37.3 Å². The Morgan fingerprint density at radius 1 is 1.58 bits per heavy atom. The van der Waals surface area contributed by atoms with E-state index in [-0.39, 0.29) is 5.84 Å². The van der Waals surface area contributed by atoms with Crippen LogP contribution >= 0.6 is 11.6 Å². The standard InChI is InChI=1S/C14H20ClN3O/c1-2-12-4-3-7-18(12)9-11-6-5-10(8-13(11)15)14(16)17-19/h5-6,8,12,19H,2-4,7,9H2,1H3,(H2,16,17). The summed E-state index contributed by atoms with van der Waals surface area (Å²) in [4.78, 5) is 2.48. The fourth-order valence-corrected chi connectivity index (χ4v) is 2.92. The molecule has 0 spiro atoms. The van der Waals surface area contributed by atoms with E-state index < -0.39 is 0 Å². The van der Waals surface area contributed by atoms with E-state index in [4.69, 9.17) is 22.5 Å². The summed E-state index contributed by atoms with van der Waals surface area (Å²) in [7, 11) is 0. The van der Waals surface area contributed by atoms with Crippen molar-refractivity contribution in [2.24, 2.45) is 10.9 Å². The second-order valence-electron chi connectivity index (χ2n) is 4.97. The van der Waals surface area contributed by atoms with Gasteiger partial charge in [0.15, 0.2) is 5.84 Å². The molecule has 2 rings (SSSR count). The van der Waals surface area contributed by atoms with Crippen LogP contribution in [0, 0.1) is 0 Å². The number of nitrogens with two attached hydrogens (primary N) is 1. The highest BCUT2D eigenvalue weighted by molar-refractivity contribution is 6.31. The zero-order valence-electron chi connectivity index (χ0n) is 11.1. The monoisotopic (exact) mass is 281 g/mol. The molecule has 1 aliphatic rings. The number of amidine groups is 1. The van der Waals surface area contributed by atoms with E-state index in [1.807, 2.05) is 12.1 Å². The molecule has 3 N–H and O–H groups in total. The van der Waals surface area contributed by atoms with Crippen LogP contribution in [0.25, 0.3) is 0 Å². The van der Waals surface area contributed by atoms with Crippen LogP contribution in [0.4, 0.5) is 0 Å². The first-order chi connectivity index (χ1) is 9.15. The fourth-order valence-electron chi connectivity index (χ4n) is 2.68. The molecule has 1 saturated heterocycles. The van der Waals surface area contributed by atoms with Crippen LogP contribution in [0.15, 0.2) is 23.4 Å². The highest BCUT2D eigenvalue weighted by atomic mass is 35.5. The lowest BCUT2D eigenvalue weighted by atomic mass is 10.1. The number of oxime groups is 1. The zero-order valence-corrected chi connectivity index (χ0v) is 11.9. The number of halogens is 1. The minimum Gasteiger partial charge on any atom is -0.409 e. The predicted octanol–water partition coefficient (Wildman–Crippen LogP) is 2.81. The molecule has 0 saturated carbocycles. The van der Waals surface area contributed by atoms with Gasteiger partial charge in [-0.25, -0.2) is 0 Å². The summed E-state index contributed by atoms with van der Waals surface area (Å²) in [5, 5.41) is 12.3. The van der Waals surface area contributed by atoms with Gasteiger partial charge in [-0.15, -0.1) is 0 Å². The fraction of sp³-hybridized carbons (Fsp3) is 0.500. The SMILES string of the molecule is CCC1CCCN1Cc1ccc(/C(N)=N/O)cc1Cl. The minimum absolute atomic E-state index is 0.0843. The molecular weight excluding hydrogens is 262 g/mol. The van der Waals surface area contributed by atoms with E-state index in [1.165, 1.54) is 19.3 Å². The molecule has 0 amide bonds. The molecule has 0 bridgehead atoms. The van der Waals surface area contributed by atoms with E-state index in [0.717, 1.165) is 18.7 Å². The van der Waals surface area contributed by atoms with E-state index in [9.17, 15) is 0 Å². The van der Waals surface area contributed by atoms with Crippen molar-refractivity contribution in [1.82, 2.24) is 4.90 Å². The molecule has 0 aliphatic carbocycles. The summed E-state index contributed by atoms with van der Waals surface area (Å²) in [5.74, 6) is 0.0843. The van der Waals surface area contributed by atoms with Crippen molar-refractivity contribution in [1.29, 1.82) is 0 Å². The van der Waals surface area contributed by atoms with Crippen LogP contribution in [0.3, 0.4) is 0 Å². The van der Waals surface area contributed by atoms with E-state index >= 15 is 0 Å². The molecule has 1 fully saturated rings. The molecule has 1 aromatic carbocycles. The maximum Gasteiger partial charge on any atom is 0.170 e. The van der Waals surface area contributed by atoms with Gasteiger partial charge in [-0.2, -0.15) is 0 Å². The molecule has 1 unspecified atom stereocenters. The first-order valence-corrected chi connectivity index (χ1v) is 7.04. The second-order valence-corrected chi connectivity index (χ2v) is 5.37. The van der Waals surface area contributed by atoms with Crippen molar-refractivity contribution in [2.75, 3.05) is 6.54 Å². The van der Waals surface area contributed by atoms with Crippen molar-refractivity contribution in [2.45, 2.75) is 38.8 Å². The number of likely N-dealkylation sites (tertiary alicyclic amines) is 1. The van der Waals surface area contributed by atoms with Gasteiger partial charge in [0.05, 0.1) is 0 Å². The molecule has 0 aromatic heterocycles. The molecule has 1 heterocycles. The van der Waals surface area contributed by atoms with Crippen molar-refractivity contribution < 1.29 is 5.21 Å². The average molecular weight is 282 g/mol. The maximum atomic E-state index is 8.66. The smallest absolute Gasteiger partial charge is 0.170 e.